The van der Waals surface area contributed by atoms with Gasteiger partial charge in [0.2, 0.25) is 0 Å². The second-order valence-corrected chi connectivity index (χ2v) is 8.33. The molecule has 4 rings (SSSR count). The Morgan fingerprint density at radius 3 is 2.38 bits per heavy atom. The molecule has 1 saturated carbocycles. The van der Waals surface area contributed by atoms with Crippen molar-refractivity contribution >= 4 is 11.6 Å². The number of hydrogen-bond donors (Lipinski definition) is 1. The maximum Gasteiger partial charge on any atom is 0.343 e. The average molecular weight is 409 g/mol. The molecule has 0 saturated heterocycles. The Morgan fingerprint density at radius 1 is 1.10 bits per heavy atom. The normalized spacial score (nSPS) is 15.8. The Morgan fingerprint density at radius 2 is 1.79 bits per heavy atom. The van der Waals surface area contributed by atoms with E-state index in [4.69, 9.17) is 16.0 Å². The van der Waals surface area contributed by atoms with Gasteiger partial charge in [0.05, 0.1) is 5.56 Å². The van der Waals surface area contributed by atoms with Gasteiger partial charge in [0, 0.05) is 22.9 Å². The van der Waals surface area contributed by atoms with Crippen molar-refractivity contribution in [2.24, 2.45) is 5.92 Å². The summed E-state index contributed by atoms with van der Waals surface area (Å²) in [4.78, 5) is 13.0. The van der Waals surface area contributed by atoms with E-state index in [1.54, 1.807) is 6.07 Å². The third-order valence-corrected chi connectivity index (χ3v) is 6.09. The fourth-order valence-electron chi connectivity index (χ4n) is 4.11. The summed E-state index contributed by atoms with van der Waals surface area (Å²) in [7, 11) is 0. The average Bonchev–Trinajstić information content (AvgIpc) is 3.55. The predicted octanol–water partition coefficient (Wildman–Crippen LogP) is 6.28. The van der Waals surface area contributed by atoms with E-state index in [0.717, 1.165) is 36.8 Å². The molecule has 2 aromatic carbocycles. The molecule has 0 amide bonds. The van der Waals surface area contributed by atoms with E-state index >= 15 is 0 Å². The zero-order valence-electron chi connectivity index (χ0n) is 16.5. The zero-order chi connectivity index (χ0) is 20.4. The summed E-state index contributed by atoms with van der Waals surface area (Å²) in [5, 5.41) is 11.5. The minimum atomic E-state index is -0.421. The lowest BCUT2D eigenvalue weighted by Gasteiger charge is -2.19. The third kappa shape index (κ3) is 4.40. The van der Waals surface area contributed by atoms with Gasteiger partial charge in [0.15, 0.2) is 0 Å². The van der Waals surface area contributed by atoms with Crippen LogP contribution in [0.25, 0.3) is 0 Å². The van der Waals surface area contributed by atoms with Crippen LogP contribution in [0.5, 0.6) is 5.75 Å². The van der Waals surface area contributed by atoms with Gasteiger partial charge < -0.3 is 9.52 Å². The maximum absolute atomic E-state index is 13.0. The van der Waals surface area contributed by atoms with Crippen LogP contribution in [0.2, 0.25) is 5.02 Å². The second-order valence-electron chi connectivity index (χ2n) is 7.90. The Hall–Kier alpha value is -2.52. The molecule has 0 bridgehead atoms. The van der Waals surface area contributed by atoms with Crippen LogP contribution in [-0.2, 0) is 6.42 Å². The molecule has 150 valence electrons. The zero-order valence-corrected chi connectivity index (χ0v) is 17.2. The monoisotopic (exact) mass is 408 g/mol. The Kier molecular flexibility index (Phi) is 5.77. The first kappa shape index (κ1) is 19.8. The van der Waals surface area contributed by atoms with E-state index < -0.39 is 5.63 Å². The van der Waals surface area contributed by atoms with Crippen molar-refractivity contribution in [3.05, 3.63) is 98.6 Å². The molecule has 3 aromatic rings. The van der Waals surface area contributed by atoms with Crippen LogP contribution in [-0.4, -0.2) is 5.11 Å². The van der Waals surface area contributed by atoms with Crippen molar-refractivity contribution in [3.63, 3.8) is 0 Å². The fourth-order valence-corrected chi connectivity index (χ4v) is 4.24. The van der Waals surface area contributed by atoms with Crippen LogP contribution in [0.3, 0.4) is 0 Å². The summed E-state index contributed by atoms with van der Waals surface area (Å²) in [6.45, 7) is 2.06. The van der Waals surface area contributed by atoms with Crippen LogP contribution in [0.15, 0.2) is 69.9 Å². The highest BCUT2D eigenvalue weighted by atomic mass is 35.5. The first-order valence-corrected chi connectivity index (χ1v) is 10.6. The van der Waals surface area contributed by atoms with Gasteiger partial charge in [-0.05, 0) is 54.9 Å². The molecule has 0 spiro atoms. The van der Waals surface area contributed by atoms with Crippen LogP contribution >= 0.6 is 11.6 Å². The van der Waals surface area contributed by atoms with Crippen molar-refractivity contribution < 1.29 is 9.52 Å². The minimum absolute atomic E-state index is 0.0138. The minimum Gasteiger partial charge on any atom is -0.507 e. The van der Waals surface area contributed by atoms with Crippen molar-refractivity contribution in [1.82, 2.24) is 0 Å². The van der Waals surface area contributed by atoms with Gasteiger partial charge in [-0.3, -0.25) is 0 Å². The van der Waals surface area contributed by atoms with E-state index in [-0.39, 0.29) is 17.6 Å². The second kappa shape index (κ2) is 8.46. The molecule has 1 aliphatic rings. The first-order chi connectivity index (χ1) is 14.1. The van der Waals surface area contributed by atoms with E-state index in [0.29, 0.717) is 22.3 Å². The molecule has 3 nitrogen and oxygen atoms in total. The van der Waals surface area contributed by atoms with E-state index in [1.807, 2.05) is 54.6 Å². The maximum atomic E-state index is 13.0. The predicted molar refractivity (Wildman–Crippen MR) is 116 cm³/mol. The molecule has 2 unspecified atom stereocenters. The van der Waals surface area contributed by atoms with Crippen LogP contribution in [0, 0.1) is 5.92 Å². The first-order valence-electron chi connectivity index (χ1n) is 10.2. The molecule has 1 N–H and O–H groups in total. The van der Waals surface area contributed by atoms with Crippen LogP contribution in [0.4, 0.5) is 0 Å². The van der Waals surface area contributed by atoms with Gasteiger partial charge in [-0.25, -0.2) is 4.79 Å². The van der Waals surface area contributed by atoms with Gasteiger partial charge in [-0.15, -0.1) is 0 Å². The summed E-state index contributed by atoms with van der Waals surface area (Å²) >= 11 is 5.98. The Labute approximate surface area is 176 Å². The summed E-state index contributed by atoms with van der Waals surface area (Å²) in [6.07, 6.45) is 3.65. The Bertz CT molecular complexity index is 1020. The summed E-state index contributed by atoms with van der Waals surface area (Å²) < 4.78 is 5.78. The third-order valence-electron chi connectivity index (χ3n) is 5.84. The topological polar surface area (TPSA) is 50.4 Å². The number of halogens is 1. The number of rotatable bonds is 7. The molecule has 0 radical (unpaired) electrons. The van der Waals surface area contributed by atoms with E-state index in [2.05, 4.69) is 6.92 Å². The van der Waals surface area contributed by atoms with Crippen molar-refractivity contribution in [2.45, 2.75) is 44.4 Å². The lowest BCUT2D eigenvalue weighted by molar-refractivity contribution is 0.379. The number of benzene rings is 2. The lowest BCUT2D eigenvalue weighted by atomic mass is 9.87. The van der Waals surface area contributed by atoms with Crippen molar-refractivity contribution in [1.29, 1.82) is 0 Å². The van der Waals surface area contributed by atoms with Gasteiger partial charge >= 0.3 is 5.63 Å². The van der Waals surface area contributed by atoms with Crippen LogP contribution in [0.1, 0.15) is 60.5 Å². The number of hydrogen-bond acceptors (Lipinski definition) is 3. The van der Waals surface area contributed by atoms with E-state index in [1.165, 1.54) is 0 Å². The van der Waals surface area contributed by atoms with Gasteiger partial charge in [-0.2, -0.15) is 0 Å². The van der Waals surface area contributed by atoms with Crippen molar-refractivity contribution in [3.8, 4) is 5.75 Å². The smallest absolute Gasteiger partial charge is 0.343 e. The fraction of sp³-hybridized carbons (Fsp3) is 0.320. The van der Waals surface area contributed by atoms with Gasteiger partial charge in [0.25, 0.3) is 0 Å². The highest BCUT2D eigenvalue weighted by Gasteiger charge is 2.37. The van der Waals surface area contributed by atoms with Crippen LogP contribution < -0.4 is 5.63 Å². The highest BCUT2D eigenvalue weighted by molar-refractivity contribution is 6.30. The quantitative estimate of drug-likeness (QED) is 0.500. The molecule has 1 fully saturated rings. The summed E-state index contributed by atoms with van der Waals surface area (Å²) in [6, 6.07) is 19.3. The van der Waals surface area contributed by atoms with Gasteiger partial charge in [-0.1, -0.05) is 61.0 Å². The molecule has 2 atom stereocenters. The molecule has 1 aliphatic carbocycles. The lowest BCUT2D eigenvalue weighted by Crippen LogP contribution is -2.17. The molecule has 1 aromatic heterocycles. The van der Waals surface area contributed by atoms with E-state index in [9.17, 15) is 9.90 Å². The molecule has 4 heteroatoms. The molecule has 1 heterocycles. The molecular weight excluding hydrogens is 384 g/mol. The summed E-state index contributed by atoms with van der Waals surface area (Å²) in [5.41, 5.74) is 2.14. The SMILES string of the molecule is CCC(Cc1ccc(Cl)cc1)c1cc(O)c(C(c2ccccc2)C2CC2)c(=O)o1. The molecular formula is C25H25ClO3. The summed E-state index contributed by atoms with van der Waals surface area (Å²) in [5.74, 6) is 0.869. The number of aromatic hydroxyl groups is 1. The Balaban J connectivity index is 1.67. The highest BCUT2D eigenvalue weighted by Crippen LogP contribution is 2.47. The van der Waals surface area contributed by atoms with Gasteiger partial charge in [0.1, 0.15) is 11.5 Å². The standard InChI is InChI=1S/C25H25ClO3/c1-2-17(14-16-8-12-20(26)13-9-16)22-15-21(27)24(25(28)29-22)23(19-10-11-19)18-6-4-3-5-7-18/h3-9,12-13,15,17,19,23,27H,2,10-11,14H2,1H3. The largest absolute Gasteiger partial charge is 0.507 e. The van der Waals surface area contributed by atoms with Crippen molar-refractivity contribution in [2.75, 3.05) is 0 Å². The molecule has 29 heavy (non-hydrogen) atoms. The molecule has 0 aliphatic heterocycles.